The molecule has 1 atom stereocenters. The van der Waals surface area contributed by atoms with Crippen LogP contribution in [0.4, 0.5) is 5.69 Å². The van der Waals surface area contributed by atoms with E-state index < -0.39 is 0 Å². The van der Waals surface area contributed by atoms with Crippen molar-refractivity contribution >= 4 is 27.5 Å². The third-order valence-electron chi connectivity index (χ3n) is 2.97. The van der Waals surface area contributed by atoms with Crippen molar-refractivity contribution in [3.63, 3.8) is 0 Å². The lowest BCUT2D eigenvalue weighted by atomic mass is 10.1. The first-order valence-corrected chi connectivity index (χ1v) is 6.30. The number of benzene rings is 1. The lowest BCUT2D eigenvalue weighted by Crippen LogP contribution is -2.30. The zero-order chi connectivity index (χ0) is 13.0. The van der Waals surface area contributed by atoms with Crippen LogP contribution >= 0.6 is 15.9 Å². The van der Waals surface area contributed by atoms with Crippen LogP contribution in [0.15, 0.2) is 27.8 Å². The number of anilines is 1. The van der Waals surface area contributed by atoms with E-state index in [1.165, 1.54) is 0 Å². The Kier molecular flexibility index (Phi) is 4.81. The first-order valence-electron chi connectivity index (χ1n) is 5.51. The van der Waals surface area contributed by atoms with Crippen molar-refractivity contribution < 1.29 is 5.21 Å². The quantitative estimate of drug-likeness (QED) is 0.389. The van der Waals surface area contributed by atoms with Crippen LogP contribution in [0, 0.1) is 0 Å². The highest BCUT2D eigenvalue weighted by atomic mass is 79.9. The molecule has 1 aromatic rings. The highest BCUT2D eigenvalue weighted by molar-refractivity contribution is 9.10. The molecule has 0 radical (unpaired) electrons. The van der Waals surface area contributed by atoms with Gasteiger partial charge in [-0.15, -0.1) is 0 Å². The zero-order valence-corrected chi connectivity index (χ0v) is 11.9. The fraction of sp³-hybridized carbons (Fsp3) is 0.417. The molecule has 1 aromatic carbocycles. The molecular formula is C12H18BrN3O. The van der Waals surface area contributed by atoms with Gasteiger partial charge in [0, 0.05) is 28.8 Å². The first kappa shape index (κ1) is 13.8. The van der Waals surface area contributed by atoms with E-state index in [0.717, 1.165) is 22.1 Å². The highest BCUT2D eigenvalue weighted by Crippen LogP contribution is 2.25. The van der Waals surface area contributed by atoms with Crippen molar-refractivity contribution in [2.75, 3.05) is 11.9 Å². The third-order valence-corrected chi connectivity index (χ3v) is 3.47. The monoisotopic (exact) mass is 299 g/mol. The van der Waals surface area contributed by atoms with Crippen LogP contribution in [0.3, 0.4) is 0 Å². The lowest BCUT2D eigenvalue weighted by molar-refractivity contribution is 0.318. The average Bonchev–Trinajstić information content (AvgIpc) is 2.35. The van der Waals surface area contributed by atoms with E-state index in [2.05, 4.69) is 39.8 Å². The summed E-state index contributed by atoms with van der Waals surface area (Å²) < 4.78 is 0.903. The van der Waals surface area contributed by atoms with Crippen LogP contribution in [0.5, 0.6) is 0 Å². The van der Waals surface area contributed by atoms with Gasteiger partial charge in [-0.3, -0.25) is 0 Å². The van der Waals surface area contributed by atoms with E-state index in [4.69, 9.17) is 10.9 Å². The van der Waals surface area contributed by atoms with Gasteiger partial charge in [-0.25, -0.2) is 0 Å². The molecule has 0 amide bonds. The Morgan fingerprint density at radius 3 is 2.76 bits per heavy atom. The minimum atomic E-state index is 0.122. The van der Waals surface area contributed by atoms with Gasteiger partial charge in [0.05, 0.1) is 0 Å². The minimum absolute atomic E-state index is 0.122. The molecule has 0 saturated carbocycles. The molecular weight excluding hydrogens is 282 g/mol. The van der Waals surface area contributed by atoms with Gasteiger partial charge in [-0.2, -0.15) is 0 Å². The Labute approximate surface area is 110 Å². The van der Waals surface area contributed by atoms with Crippen LogP contribution in [-0.2, 0) is 0 Å². The molecule has 0 fully saturated rings. The third kappa shape index (κ3) is 3.12. The van der Waals surface area contributed by atoms with Crippen molar-refractivity contribution in [3.05, 3.63) is 28.2 Å². The van der Waals surface area contributed by atoms with Crippen LogP contribution in [0.25, 0.3) is 0 Å². The molecule has 94 valence electrons. The molecule has 5 heteroatoms. The molecule has 1 rings (SSSR count). The van der Waals surface area contributed by atoms with Crippen molar-refractivity contribution in [2.45, 2.75) is 26.3 Å². The molecule has 0 bridgehead atoms. The SMILES string of the molecule is CCC(C)N(C)c1ccc(Br)cc1/C(N)=N/O. The Morgan fingerprint density at radius 2 is 2.24 bits per heavy atom. The Balaban J connectivity index is 3.23. The van der Waals surface area contributed by atoms with E-state index in [1.807, 2.05) is 25.2 Å². The van der Waals surface area contributed by atoms with Gasteiger partial charge in [0.15, 0.2) is 5.84 Å². The Morgan fingerprint density at radius 1 is 1.59 bits per heavy atom. The maximum atomic E-state index is 8.81. The van der Waals surface area contributed by atoms with Crippen molar-refractivity contribution in [1.29, 1.82) is 0 Å². The van der Waals surface area contributed by atoms with Crippen LogP contribution in [0.1, 0.15) is 25.8 Å². The number of nitrogens with zero attached hydrogens (tertiary/aromatic N) is 2. The molecule has 0 aliphatic carbocycles. The van der Waals surface area contributed by atoms with Crippen molar-refractivity contribution in [3.8, 4) is 0 Å². The van der Waals surface area contributed by atoms with E-state index >= 15 is 0 Å². The number of hydrogen-bond acceptors (Lipinski definition) is 3. The summed E-state index contributed by atoms with van der Waals surface area (Å²) in [5, 5.41) is 11.9. The van der Waals surface area contributed by atoms with E-state index in [9.17, 15) is 0 Å². The summed E-state index contributed by atoms with van der Waals surface area (Å²) >= 11 is 3.39. The summed E-state index contributed by atoms with van der Waals surface area (Å²) in [5.41, 5.74) is 7.38. The normalized spacial score (nSPS) is 13.5. The van der Waals surface area contributed by atoms with Gasteiger partial charge >= 0.3 is 0 Å². The van der Waals surface area contributed by atoms with Crippen LogP contribution in [-0.4, -0.2) is 24.1 Å². The maximum Gasteiger partial charge on any atom is 0.172 e. The summed E-state index contributed by atoms with van der Waals surface area (Å²) in [7, 11) is 2.01. The van der Waals surface area contributed by atoms with Gasteiger partial charge in [0.25, 0.3) is 0 Å². The van der Waals surface area contributed by atoms with Gasteiger partial charge in [-0.1, -0.05) is 28.0 Å². The number of rotatable bonds is 4. The van der Waals surface area contributed by atoms with Gasteiger partial charge in [0.2, 0.25) is 0 Å². The summed E-state index contributed by atoms with van der Waals surface area (Å²) in [4.78, 5) is 2.12. The number of oxime groups is 1. The summed E-state index contributed by atoms with van der Waals surface area (Å²) in [6.45, 7) is 4.27. The largest absolute Gasteiger partial charge is 0.409 e. The lowest BCUT2D eigenvalue weighted by Gasteiger charge is -2.28. The molecule has 0 saturated heterocycles. The topological polar surface area (TPSA) is 61.8 Å². The van der Waals surface area contributed by atoms with Gasteiger partial charge in [-0.05, 0) is 31.5 Å². The molecule has 0 aliphatic rings. The van der Waals surface area contributed by atoms with Crippen LogP contribution in [0.2, 0.25) is 0 Å². The summed E-state index contributed by atoms with van der Waals surface area (Å²) in [6, 6.07) is 6.15. The highest BCUT2D eigenvalue weighted by Gasteiger charge is 2.15. The number of halogens is 1. The van der Waals surface area contributed by atoms with Gasteiger partial charge in [0.1, 0.15) is 0 Å². The molecule has 17 heavy (non-hydrogen) atoms. The van der Waals surface area contributed by atoms with Crippen molar-refractivity contribution in [1.82, 2.24) is 0 Å². The molecule has 0 aromatic heterocycles. The van der Waals surface area contributed by atoms with E-state index in [0.29, 0.717) is 6.04 Å². The summed E-state index contributed by atoms with van der Waals surface area (Å²) in [5.74, 6) is 0.122. The smallest absolute Gasteiger partial charge is 0.172 e. The minimum Gasteiger partial charge on any atom is -0.409 e. The van der Waals surface area contributed by atoms with Gasteiger partial charge < -0.3 is 15.8 Å². The Hall–Kier alpha value is -1.23. The second-order valence-electron chi connectivity index (χ2n) is 4.01. The predicted molar refractivity (Wildman–Crippen MR) is 74.8 cm³/mol. The molecule has 1 unspecified atom stereocenters. The first-order chi connectivity index (χ1) is 8.01. The maximum absolute atomic E-state index is 8.81. The number of amidine groups is 1. The molecule has 4 nitrogen and oxygen atoms in total. The average molecular weight is 300 g/mol. The fourth-order valence-corrected chi connectivity index (χ4v) is 1.95. The number of hydrogen-bond donors (Lipinski definition) is 2. The van der Waals surface area contributed by atoms with E-state index in [1.54, 1.807) is 0 Å². The fourth-order valence-electron chi connectivity index (χ4n) is 1.59. The molecule has 3 N–H and O–H groups in total. The predicted octanol–water partition coefficient (Wildman–Crippen LogP) is 2.78. The second-order valence-corrected chi connectivity index (χ2v) is 4.93. The zero-order valence-electron chi connectivity index (χ0n) is 10.3. The van der Waals surface area contributed by atoms with Crippen LogP contribution < -0.4 is 10.6 Å². The molecule has 0 heterocycles. The second kappa shape index (κ2) is 5.91. The Bertz CT molecular complexity index is 420. The van der Waals surface area contributed by atoms with Crippen molar-refractivity contribution in [2.24, 2.45) is 10.9 Å². The molecule has 0 aliphatic heterocycles. The molecule has 0 spiro atoms. The standard InChI is InChI=1S/C12H18BrN3O/c1-4-8(2)16(3)11-6-5-9(13)7-10(11)12(14)15-17/h5-8,17H,4H2,1-3H3,(H2,14,15). The van der Waals surface area contributed by atoms with E-state index in [-0.39, 0.29) is 5.84 Å². The summed E-state index contributed by atoms with van der Waals surface area (Å²) in [6.07, 6.45) is 1.03. The number of nitrogens with two attached hydrogens (primary N) is 1.